The van der Waals surface area contributed by atoms with Crippen molar-refractivity contribution in [3.63, 3.8) is 0 Å². The molecule has 0 bridgehead atoms. The molecule has 0 aromatic heterocycles. The first-order valence-corrected chi connectivity index (χ1v) is 10.7. The van der Waals surface area contributed by atoms with Gasteiger partial charge in [-0.1, -0.05) is 23.2 Å². The third-order valence-corrected chi connectivity index (χ3v) is 6.25. The fraction of sp³-hybridized carbons (Fsp3) is 0.650. The summed E-state index contributed by atoms with van der Waals surface area (Å²) in [4.78, 5) is 19.4. The van der Waals surface area contributed by atoms with Gasteiger partial charge in [0.05, 0.1) is 10.0 Å². The number of halogens is 2. The molecule has 0 radical (unpaired) electrons. The van der Waals surface area contributed by atoms with Crippen LogP contribution in [-0.4, -0.2) is 84.7 Å². The zero-order valence-electron chi connectivity index (χ0n) is 17.0. The molecule has 2 N–H and O–H groups in total. The molecule has 156 valence electrons. The predicted molar refractivity (Wildman–Crippen MR) is 117 cm³/mol. The van der Waals surface area contributed by atoms with Crippen LogP contribution in [0, 0.1) is 0 Å². The lowest BCUT2D eigenvalue weighted by molar-refractivity contribution is 0.0732. The summed E-state index contributed by atoms with van der Waals surface area (Å²) >= 11 is 11.9. The van der Waals surface area contributed by atoms with E-state index < -0.39 is 0 Å². The average molecular weight is 428 g/mol. The van der Waals surface area contributed by atoms with Gasteiger partial charge in [-0.15, -0.1) is 0 Å². The number of hydrogen-bond acceptors (Lipinski definition) is 4. The molecule has 2 heterocycles. The Bertz CT molecular complexity index is 686. The summed E-state index contributed by atoms with van der Waals surface area (Å²) in [5.41, 5.74) is 0.873. The van der Waals surface area contributed by atoms with Crippen molar-refractivity contribution in [1.82, 2.24) is 20.0 Å². The highest BCUT2D eigenvalue weighted by molar-refractivity contribution is 6.42. The van der Waals surface area contributed by atoms with Crippen molar-refractivity contribution < 1.29 is 4.79 Å². The summed E-state index contributed by atoms with van der Waals surface area (Å²) in [5.74, 6) is 0. The van der Waals surface area contributed by atoms with E-state index in [1.54, 1.807) is 18.2 Å². The molecule has 2 aliphatic rings. The largest absolute Gasteiger partial charge is 0.322 e. The molecule has 1 atom stereocenters. The van der Waals surface area contributed by atoms with Crippen molar-refractivity contribution in [2.75, 3.05) is 57.7 Å². The number of urea groups is 1. The second kappa shape index (κ2) is 9.18. The van der Waals surface area contributed by atoms with E-state index >= 15 is 0 Å². The van der Waals surface area contributed by atoms with Crippen LogP contribution in [0.4, 0.5) is 10.5 Å². The van der Waals surface area contributed by atoms with Crippen LogP contribution in [0.1, 0.15) is 20.8 Å². The predicted octanol–water partition coefficient (Wildman–Crippen LogP) is 3.22. The van der Waals surface area contributed by atoms with E-state index in [2.05, 4.69) is 41.2 Å². The Morgan fingerprint density at radius 3 is 2.50 bits per heavy atom. The van der Waals surface area contributed by atoms with E-state index in [1.165, 1.54) is 0 Å². The minimum absolute atomic E-state index is 0.0901. The molecular formula is C20H31Cl2N5O. The Balaban J connectivity index is 1.45. The molecular weight excluding hydrogens is 397 g/mol. The number of amides is 2. The second-order valence-corrected chi connectivity index (χ2v) is 9.43. The maximum absolute atomic E-state index is 12.5. The Labute approximate surface area is 178 Å². The third-order valence-electron chi connectivity index (χ3n) is 5.51. The first kappa shape index (κ1) is 21.7. The average Bonchev–Trinajstić information content (AvgIpc) is 2.65. The van der Waals surface area contributed by atoms with Crippen LogP contribution < -0.4 is 10.6 Å². The van der Waals surface area contributed by atoms with E-state index in [-0.39, 0.29) is 11.6 Å². The molecule has 3 rings (SSSR count). The monoisotopic (exact) mass is 427 g/mol. The van der Waals surface area contributed by atoms with E-state index in [0.29, 0.717) is 21.8 Å². The molecule has 2 fully saturated rings. The van der Waals surface area contributed by atoms with Gasteiger partial charge in [0.25, 0.3) is 0 Å². The fourth-order valence-corrected chi connectivity index (χ4v) is 4.08. The molecule has 0 saturated carbocycles. The van der Waals surface area contributed by atoms with E-state index in [1.807, 2.05) is 4.90 Å². The van der Waals surface area contributed by atoms with Gasteiger partial charge in [0.2, 0.25) is 0 Å². The number of carbonyl (C=O) groups is 1. The number of piperazine rings is 2. The molecule has 0 unspecified atom stereocenters. The highest BCUT2D eigenvalue weighted by Gasteiger charge is 2.29. The molecule has 1 aromatic carbocycles. The Morgan fingerprint density at radius 1 is 1.14 bits per heavy atom. The van der Waals surface area contributed by atoms with Crippen LogP contribution in [0.2, 0.25) is 10.0 Å². The zero-order chi connectivity index (χ0) is 20.3. The van der Waals surface area contributed by atoms with E-state index in [9.17, 15) is 4.79 Å². The summed E-state index contributed by atoms with van der Waals surface area (Å²) in [7, 11) is 0. The number of nitrogens with one attached hydrogen (secondary N) is 2. The summed E-state index contributed by atoms with van der Waals surface area (Å²) in [6.45, 7) is 14.3. The molecule has 2 aliphatic heterocycles. The van der Waals surface area contributed by atoms with Crippen LogP contribution in [0.3, 0.4) is 0 Å². The van der Waals surface area contributed by atoms with Gasteiger partial charge in [0.15, 0.2) is 0 Å². The van der Waals surface area contributed by atoms with Gasteiger partial charge in [-0.25, -0.2) is 4.79 Å². The van der Waals surface area contributed by atoms with Crippen LogP contribution >= 0.6 is 23.2 Å². The number of rotatable bonds is 3. The molecule has 1 aromatic rings. The topological polar surface area (TPSA) is 50.9 Å². The molecule has 2 saturated heterocycles. The van der Waals surface area contributed by atoms with Crippen molar-refractivity contribution in [3.05, 3.63) is 28.2 Å². The Hall–Kier alpha value is -1.05. The van der Waals surface area contributed by atoms with E-state index in [4.69, 9.17) is 23.2 Å². The van der Waals surface area contributed by atoms with Gasteiger partial charge in [-0.3, -0.25) is 9.80 Å². The molecule has 0 spiro atoms. The normalized spacial score (nSPS) is 22.3. The number of hydrogen-bond donors (Lipinski definition) is 2. The van der Waals surface area contributed by atoms with Crippen molar-refractivity contribution in [2.45, 2.75) is 32.4 Å². The van der Waals surface area contributed by atoms with Gasteiger partial charge >= 0.3 is 6.03 Å². The molecule has 6 nitrogen and oxygen atoms in total. The maximum Gasteiger partial charge on any atom is 0.321 e. The van der Waals surface area contributed by atoms with Crippen LogP contribution in [0.15, 0.2) is 18.2 Å². The SMILES string of the molecule is CC(C)(C)N1CCN[C@@H](CN2CCN(C(=O)Nc3ccc(Cl)c(Cl)c3)CC2)C1. The number of benzene rings is 1. The highest BCUT2D eigenvalue weighted by atomic mass is 35.5. The van der Waals surface area contributed by atoms with Crippen LogP contribution in [0.5, 0.6) is 0 Å². The summed E-state index contributed by atoms with van der Waals surface area (Å²) in [5, 5.41) is 7.47. The fourth-order valence-electron chi connectivity index (χ4n) is 3.78. The number of nitrogens with zero attached hydrogens (tertiary/aromatic N) is 3. The van der Waals surface area contributed by atoms with Gasteiger partial charge in [0, 0.05) is 69.6 Å². The van der Waals surface area contributed by atoms with E-state index in [0.717, 1.165) is 52.4 Å². The second-order valence-electron chi connectivity index (χ2n) is 8.61. The Morgan fingerprint density at radius 2 is 1.86 bits per heavy atom. The van der Waals surface area contributed by atoms with Gasteiger partial charge in [-0.2, -0.15) is 0 Å². The number of anilines is 1. The summed E-state index contributed by atoms with van der Waals surface area (Å²) in [6.07, 6.45) is 0. The van der Waals surface area contributed by atoms with Gasteiger partial charge in [0.1, 0.15) is 0 Å². The standard InChI is InChI=1S/C20H31Cl2N5O/c1-20(2,3)27-7-6-23-16(14-27)13-25-8-10-26(11-9-25)19(28)24-15-4-5-17(21)18(22)12-15/h4-5,12,16,23H,6-11,13-14H2,1-3H3,(H,24,28)/t16-/m0/s1. The smallest absolute Gasteiger partial charge is 0.321 e. The minimum atomic E-state index is -0.0901. The Kier molecular flexibility index (Phi) is 7.10. The maximum atomic E-state index is 12.5. The lowest BCUT2D eigenvalue weighted by Gasteiger charge is -2.44. The summed E-state index contributed by atoms with van der Waals surface area (Å²) in [6, 6.07) is 5.51. The van der Waals surface area contributed by atoms with Crippen LogP contribution in [-0.2, 0) is 0 Å². The first-order valence-electron chi connectivity index (χ1n) is 9.94. The lowest BCUT2D eigenvalue weighted by atomic mass is 10.0. The third kappa shape index (κ3) is 5.74. The van der Waals surface area contributed by atoms with Crippen molar-refractivity contribution >= 4 is 34.9 Å². The molecule has 8 heteroatoms. The van der Waals surface area contributed by atoms with Crippen molar-refractivity contribution in [2.24, 2.45) is 0 Å². The van der Waals surface area contributed by atoms with Gasteiger partial charge in [-0.05, 0) is 39.0 Å². The number of carbonyl (C=O) groups excluding carboxylic acids is 1. The molecule has 2 amide bonds. The minimum Gasteiger partial charge on any atom is -0.322 e. The van der Waals surface area contributed by atoms with Crippen LogP contribution in [0.25, 0.3) is 0 Å². The van der Waals surface area contributed by atoms with Crippen molar-refractivity contribution in [3.8, 4) is 0 Å². The molecule has 28 heavy (non-hydrogen) atoms. The highest BCUT2D eigenvalue weighted by Crippen LogP contribution is 2.25. The quantitative estimate of drug-likeness (QED) is 0.777. The first-order chi connectivity index (χ1) is 13.2. The van der Waals surface area contributed by atoms with Crippen molar-refractivity contribution in [1.29, 1.82) is 0 Å². The zero-order valence-corrected chi connectivity index (χ0v) is 18.5. The van der Waals surface area contributed by atoms with Gasteiger partial charge < -0.3 is 15.5 Å². The molecule has 0 aliphatic carbocycles. The summed E-state index contributed by atoms with van der Waals surface area (Å²) < 4.78 is 0. The lowest BCUT2D eigenvalue weighted by Crippen LogP contribution is -2.61.